The number of imidazole rings is 1. The molecule has 7 heterocycles. The maximum Gasteiger partial charge on any atom is 0.472 e. The predicted octanol–water partition coefficient (Wildman–Crippen LogP) is -1.86. The lowest BCUT2D eigenvalue weighted by Gasteiger charge is -2.25. The summed E-state index contributed by atoms with van der Waals surface area (Å²) < 4.78 is 61.2. The number of nitrogen functional groups attached to an aromatic ring is 2. The van der Waals surface area contributed by atoms with Crippen LogP contribution in [0.1, 0.15) is 18.0 Å². The lowest BCUT2D eigenvalue weighted by atomic mass is 10.1. The van der Waals surface area contributed by atoms with Gasteiger partial charge in [0.2, 0.25) is 5.95 Å². The van der Waals surface area contributed by atoms with Gasteiger partial charge in [0.25, 0.3) is 5.56 Å². The van der Waals surface area contributed by atoms with Crippen LogP contribution in [0.15, 0.2) is 23.6 Å². The van der Waals surface area contributed by atoms with E-state index in [4.69, 9.17) is 39.0 Å². The molecule has 4 aromatic rings. The summed E-state index contributed by atoms with van der Waals surface area (Å²) in [4.78, 5) is 51.8. The van der Waals surface area contributed by atoms with Gasteiger partial charge < -0.3 is 45.5 Å². The maximum absolute atomic E-state index is 13.2. The molecule has 2 bridgehead atoms. The first-order valence-corrected chi connectivity index (χ1v) is 16.5. The number of aliphatic hydroxyl groups is 2. The van der Waals surface area contributed by atoms with Crippen molar-refractivity contribution in [3.63, 3.8) is 0 Å². The van der Waals surface area contributed by atoms with Gasteiger partial charge in [0.05, 0.1) is 30.5 Å². The van der Waals surface area contributed by atoms with Gasteiger partial charge in [-0.05, 0) is 0 Å². The zero-order valence-corrected chi connectivity index (χ0v) is 25.2. The van der Waals surface area contributed by atoms with Crippen molar-refractivity contribution < 1.29 is 56.7 Å². The Labute approximate surface area is 260 Å². The van der Waals surface area contributed by atoms with Crippen LogP contribution < -0.4 is 17.0 Å². The number of phosphoric ester groups is 2. The number of aromatic nitrogens is 7. The van der Waals surface area contributed by atoms with Crippen LogP contribution in [0.3, 0.4) is 0 Å². The van der Waals surface area contributed by atoms with Crippen LogP contribution >= 0.6 is 15.6 Å². The zero-order chi connectivity index (χ0) is 33.4. The molecule has 47 heavy (non-hydrogen) atoms. The number of phosphoric acid groups is 2. The molecule has 250 valence electrons. The number of nitriles is 1. The number of hydrogen-bond acceptors (Lipinski definition) is 18. The molecule has 9 N–H and O–H groups in total. The van der Waals surface area contributed by atoms with E-state index in [9.17, 15) is 39.2 Å². The largest absolute Gasteiger partial charge is 0.472 e. The number of hydrogen-bond donors (Lipinski definition) is 7. The number of nitrogens with zero attached hydrogens (tertiary/aromatic N) is 7. The molecule has 0 amide bonds. The van der Waals surface area contributed by atoms with Gasteiger partial charge in [-0.25, -0.2) is 24.1 Å². The molecule has 0 aromatic carbocycles. The second kappa shape index (κ2) is 11.4. The number of aromatic amines is 1. The molecule has 3 fully saturated rings. The fraction of sp³-hybridized carbons (Fsp3) is 0.455. The number of aliphatic hydroxyl groups excluding tert-OH is 2. The van der Waals surface area contributed by atoms with Gasteiger partial charge >= 0.3 is 15.6 Å². The number of H-pyrrole nitrogens is 1. The Morgan fingerprint density at radius 3 is 2.34 bits per heavy atom. The molecule has 7 rings (SSSR count). The van der Waals surface area contributed by atoms with E-state index in [1.54, 1.807) is 0 Å². The minimum atomic E-state index is -5.16. The second-order valence-corrected chi connectivity index (χ2v) is 13.4. The van der Waals surface area contributed by atoms with Crippen LogP contribution in [0.25, 0.3) is 22.2 Å². The first-order chi connectivity index (χ1) is 22.3. The van der Waals surface area contributed by atoms with Crippen molar-refractivity contribution in [3.05, 3.63) is 34.8 Å². The lowest BCUT2D eigenvalue weighted by Crippen LogP contribution is -2.36. The summed E-state index contributed by atoms with van der Waals surface area (Å²) in [7, 11) is -10.3. The molecule has 0 saturated carbocycles. The third-order valence-electron chi connectivity index (χ3n) is 7.69. The Balaban J connectivity index is 1.22. The molecule has 0 radical (unpaired) electrons. The summed E-state index contributed by atoms with van der Waals surface area (Å²) in [5.41, 5.74) is 10.6. The molecule has 0 spiro atoms. The van der Waals surface area contributed by atoms with E-state index in [-0.39, 0.29) is 39.5 Å². The molecular weight excluding hydrogens is 674 g/mol. The van der Waals surface area contributed by atoms with Gasteiger partial charge in [-0.15, -0.1) is 0 Å². The summed E-state index contributed by atoms with van der Waals surface area (Å²) in [5.74, 6) is -0.338. The van der Waals surface area contributed by atoms with Crippen molar-refractivity contribution >= 4 is 49.6 Å². The predicted molar refractivity (Wildman–Crippen MR) is 150 cm³/mol. The molecule has 10 atom stereocenters. The van der Waals surface area contributed by atoms with Crippen LogP contribution in [-0.4, -0.2) is 104 Å². The van der Waals surface area contributed by atoms with Crippen molar-refractivity contribution in [2.45, 2.75) is 49.1 Å². The molecule has 25 heteroatoms. The summed E-state index contributed by atoms with van der Waals surface area (Å²) in [6.07, 6.45) is -9.62. The van der Waals surface area contributed by atoms with Crippen LogP contribution in [0.5, 0.6) is 0 Å². The highest BCUT2D eigenvalue weighted by molar-refractivity contribution is 7.47. The number of ether oxygens (including phenoxy) is 2. The number of nitrogens with one attached hydrogen (secondary N) is 1. The summed E-state index contributed by atoms with van der Waals surface area (Å²) in [6.45, 7) is -1.72. The number of nitrogens with two attached hydrogens (primary N) is 2. The SMILES string of the molecule is N#Cc1cn([C@@H]2O[C@@H]3COP(=O)(O)O[C@@H]4[C@H](O)[C@@H](COP(=O)(O)O[C@H]3[C@H]2O)O[C@H]4n2cnc3c(=O)[nH]c(N)nc32)c2ncnc(N)c12. The topological polar surface area (TPSA) is 341 Å². The third kappa shape index (κ3) is 5.49. The van der Waals surface area contributed by atoms with E-state index in [2.05, 4.69) is 24.9 Å². The molecular formula is C22H24N10O13P2. The van der Waals surface area contributed by atoms with Crippen molar-refractivity contribution in [2.24, 2.45) is 0 Å². The molecule has 3 saturated heterocycles. The van der Waals surface area contributed by atoms with E-state index in [0.29, 0.717) is 0 Å². The first kappa shape index (κ1) is 31.7. The number of rotatable bonds is 2. The van der Waals surface area contributed by atoms with Crippen LogP contribution in [0.2, 0.25) is 0 Å². The van der Waals surface area contributed by atoms with Crippen LogP contribution in [-0.2, 0) is 36.7 Å². The third-order valence-corrected chi connectivity index (χ3v) is 9.66. The monoisotopic (exact) mass is 698 g/mol. The first-order valence-electron chi connectivity index (χ1n) is 13.5. The van der Waals surface area contributed by atoms with E-state index in [1.165, 1.54) is 10.8 Å². The Bertz CT molecular complexity index is 2080. The van der Waals surface area contributed by atoms with E-state index in [1.807, 2.05) is 6.07 Å². The van der Waals surface area contributed by atoms with Gasteiger partial charge in [0, 0.05) is 6.20 Å². The molecule has 3 aliphatic rings. The molecule has 2 unspecified atom stereocenters. The summed E-state index contributed by atoms with van der Waals surface area (Å²) in [5, 5.41) is 32.0. The Morgan fingerprint density at radius 2 is 1.62 bits per heavy atom. The van der Waals surface area contributed by atoms with Crippen molar-refractivity contribution in [3.8, 4) is 6.07 Å². The Morgan fingerprint density at radius 1 is 0.936 bits per heavy atom. The van der Waals surface area contributed by atoms with Gasteiger partial charge in [0.15, 0.2) is 23.6 Å². The van der Waals surface area contributed by atoms with Gasteiger partial charge in [-0.1, -0.05) is 0 Å². The minimum Gasteiger partial charge on any atom is -0.387 e. The summed E-state index contributed by atoms with van der Waals surface area (Å²) in [6, 6.07) is 1.93. The van der Waals surface area contributed by atoms with E-state index < -0.39 is 83.5 Å². The van der Waals surface area contributed by atoms with Crippen LogP contribution in [0.4, 0.5) is 11.8 Å². The smallest absolute Gasteiger partial charge is 0.387 e. The van der Waals surface area contributed by atoms with E-state index >= 15 is 0 Å². The van der Waals surface area contributed by atoms with Crippen molar-refractivity contribution in [1.29, 1.82) is 5.26 Å². The maximum atomic E-state index is 13.2. The minimum absolute atomic E-state index is 0.0226. The fourth-order valence-corrected chi connectivity index (χ4v) is 7.52. The van der Waals surface area contributed by atoms with E-state index in [0.717, 1.165) is 17.2 Å². The van der Waals surface area contributed by atoms with Crippen molar-refractivity contribution in [2.75, 3.05) is 24.7 Å². The highest BCUT2D eigenvalue weighted by atomic mass is 31.2. The number of fused-ring (bicyclic) bond motifs is 5. The summed E-state index contributed by atoms with van der Waals surface area (Å²) >= 11 is 0. The second-order valence-electron chi connectivity index (χ2n) is 10.6. The Hall–Kier alpha value is -3.88. The highest BCUT2D eigenvalue weighted by Crippen LogP contribution is 2.53. The lowest BCUT2D eigenvalue weighted by molar-refractivity contribution is -0.0671. The average Bonchev–Trinajstić information content (AvgIpc) is 3.75. The Kier molecular flexibility index (Phi) is 7.67. The van der Waals surface area contributed by atoms with Crippen molar-refractivity contribution in [1.82, 2.24) is 34.1 Å². The standard InChI is InChI=1S/C22H24N10O13P2/c23-1-7-2-31(17-10(7)16(24)26-5-27-17)20-13(34)14-9(43-20)4-41-47(38,39)45-15-12(33)8(3-40-46(36,37)44-14)42-21(15)32-6-28-11-18(32)29-22(25)30-19(11)35/h2,5-6,8-9,12-15,20-21,33-34H,3-4H2,(H,36,37)(H,38,39)(H2,24,26,27)(H3,25,29,30,35)/t8-,9-,12-,13-,14-,15-,20-,21-/m1/s1. The quantitative estimate of drug-likeness (QED) is 0.113. The van der Waals surface area contributed by atoms with Gasteiger partial charge in [0.1, 0.15) is 60.5 Å². The molecule has 4 aromatic heterocycles. The fourth-order valence-electron chi connectivity index (χ4n) is 5.63. The van der Waals surface area contributed by atoms with Crippen LogP contribution in [0, 0.1) is 11.3 Å². The normalized spacial score (nSPS) is 36.4. The highest BCUT2D eigenvalue weighted by Gasteiger charge is 2.54. The number of anilines is 2. The zero-order valence-electron chi connectivity index (χ0n) is 23.4. The molecule has 3 aliphatic heterocycles. The molecule has 23 nitrogen and oxygen atoms in total. The molecule has 0 aliphatic carbocycles. The van der Waals surface area contributed by atoms with Gasteiger partial charge in [-0.3, -0.25) is 32.4 Å². The van der Waals surface area contributed by atoms with Gasteiger partial charge in [-0.2, -0.15) is 10.2 Å². The average molecular weight is 698 g/mol.